The number of thiophene rings is 1. The minimum Gasteiger partial charge on any atom is -0.487 e. The van der Waals surface area contributed by atoms with Gasteiger partial charge in [0.05, 0.1) is 28.8 Å². The summed E-state index contributed by atoms with van der Waals surface area (Å²) >= 11 is 8.16. The second kappa shape index (κ2) is 11.1. The number of rotatable bonds is 9. The third-order valence-electron chi connectivity index (χ3n) is 6.73. The van der Waals surface area contributed by atoms with E-state index in [-0.39, 0.29) is 12.4 Å². The summed E-state index contributed by atoms with van der Waals surface area (Å²) in [5.41, 5.74) is 4.82. The molecule has 11 heteroatoms. The van der Waals surface area contributed by atoms with Crippen LogP contribution in [0.15, 0.2) is 55.0 Å². The molecule has 0 spiro atoms. The van der Waals surface area contributed by atoms with E-state index in [2.05, 4.69) is 15.3 Å². The number of aromatic nitrogens is 4. The molecule has 2 N–H and O–H groups in total. The van der Waals surface area contributed by atoms with Crippen LogP contribution in [0.25, 0.3) is 20.7 Å². The number of nitrogens with zero attached hydrogens (tertiary/aromatic N) is 5. The van der Waals surface area contributed by atoms with Crippen molar-refractivity contribution in [3.8, 4) is 16.2 Å². The molecule has 0 bridgehead atoms. The third-order valence-corrected chi connectivity index (χ3v) is 8.20. The van der Waals surface area contributed by atoms with E-state index >= 15 is 0 Å². The normalized spacial score (nSPS) is 13.3. The number of hydrogen-bond acceptors (Lipinski definition) is 8. The maximum atomic E-state index is 13.5. The Hall–Kier alpha value is -3.57. The Kier molecular flexibility index (Phi) is 7.41. The van der Waals surface area contributed by atoms with Crippen molar-refractivity contribution >= 4 is 44.7 Å². The number of benzene rings is 2. The minimum atomic E-state index is -0.496. The van der Waals surface area contributed by atoms with E-state index in [0.29, 0.717) is 29.7 Å². The van der Waals surface area contributed by atoms with Gasteiger partial charge in [-0.1, -0.05) is 23.7 Å². The Labute approximate surface area is 240 Å². The number of halogens is 2. The van der Waals surface area contributed by atoms with Gasteiger partial charge < -0.3 is 20.1 Å². The summed E-state index contributed by atoms with van der Waals surface area (Å²) in [5.74, 6) is 0.920. The second-order valence-corrected chi connectivity index (χ2v) is 11.5. The van der Waals surface area contributed by atoms with Crippen LogP contribution in [0.3, 0.4) is 0 Å². The molecule has 5 aromatic rings. The molecule has 0 radical (unpaired) electrons. The topological polar surface area (TPSA) is 88.3 Å². The van der Waals surface area contributed by atoms with Crippen LogP contribution in [0.1, 0.15) is 16.8 Å². The fourth-order valence-corrected chi connectivity index (χ4v) is 6.49. The standard InChI is InChI=1S/C29H28ClFN6O2S/c1-36(2)12-20(38)13-37-14-22-24(35-37)8-7-21-26-28(32-16-33-29(26)40-27(21)22)34-19-6-9-25(23(30)11-19)39-15-17-4-3-5-18(31)10-17/h3-6,9-11,14,16,20,38H,7-8,12-13,15H2,1-2H3,(H,32,33,34)/t20-/m1/s1. The van der Waals surface area contributed by atoms with Crippen LogP contribution in [0.5, 0.6) is 5.75 Å². The van der Waals surface area contributed by atoms with Crippen LogP contribution in [0.4, 0.5) is 15.9 Å². The lowest BCUT2D eigenvalue weighted by Crippen LogP contribution is -2.29. The van der Waals surface area contributed by atoms with E-state index in [1.165, 1.54) is 17.7 Å². The van der Waals surface area contributed by atoms with Gasteiger partial charge in [0.25, 0.3) is 0 Å². The van der Waals surface area contributed by atoms with Gasteiger partial charge in [-0.15, -0.1) is 11.3 Å². The molecule has 3 aromatic heterocycles. The van der Waals surface area contributed by atoms with Crippen molar-refractivity contribution in [2.24, 2.45) is 0 Å². The van der Waals surface area contributed by atoms with Crippen molar-refractivity contribution in [3.05, 3.63) is 82.6 Å². The zero-order valence-electron chi connectivity index (χ0n) is 22.1. The van der Waals surface area contributed by atoms with Gasteiger partial charge >= 0.3 is 0 Å². The molecule has 40 heavy (non-hydrogen) atoms. The van der Waals surface area contributed by atoms with Gasteiger partial charge in [0, 0.05) is 28.9 Å². The number of hydrogen-bond donors (Lipinski definition) is 2. The fraction of sp³-hybridized carbons (Fsp3) is 0.276. The first-order chi connectivity index (χ1) is 19.3. The molecule has 1 aliphatic rings. The number of likely N-dealkylation sites (N-methyl/N-ethyl adjacent to an activating group) is 1. The monoisotopic (exact) mass is 578 g/mol. The third kappa shape index (κ3) is 5.53. The number of nitrogens with one attached hydrogen (secondary N) is 1. The Morgan fingerprint density at radius 2 is 2.08 bits per heavy atom. The molecule has 0 aliphatic heterocycles. The fourth-order valence-electron chi connectivity index (χ4n) is 5.03. The van der Waals surface area contributed by atoms with Gasteiger partial charge in [0.2, 0.25) is 0 Å². The van der Waals surface area contributed by atoms with Crippen LogP contribution in [-0.4, -0.2) is 56.5 Å². The average molecular weight is 579 g/mol. The van der Waals surface area contributed by atoms with Gasteiger partial charge in [0.15, 0.2) is 0 Å². The highest BCUT2D eigenvalue weighted by molar-refractivity contribution is 7.22. The predicted molar refractivity (Wildman–Crippen MR) is 156 cm³/mol. The lowest BCUT2D eigenvalue weighted by molar-refractivity contribution is 0.116. The summed E-state index contributed by atoms with van der Waals surface area (Å²) in [7, 11) is 3.89. The number of aliphatic hydroxyl groups is 1. The second-order valence-electron chi connectivity index (χ2n) is 10.1. The molecule has 0 saturated heterocycles. The molecule has 6 rings (SSSR count). The molecule has 0 fully saturated rings. The highest BCUT2D eigenvalue weighted by Gasteiger charge is 2.27. The summed E-state index contributed by atoms with van der Waals surface area (Å²) in [6, 6.07) is 11.7. The molecule has 0 unspecified atom stereocenters. The van der Waals surface area contributed by atoms with Crippen molar-refractivity contribution in [1.82, 2.24) is 24.6 Å². The molecule has 1 aliphatic carbocycles. The first kappa shape index (κ1) is 26.6. The zero-order valence-corrected chi connectivity index (χ0v) is 23.6. The molecule has 2 aromatic carbocycles. The lowest BCUT2D eigenvalue weighted by atomic mass is 9.95. The molecule has 8 nitrogen and oxygen atoms in total. The van der Waals surface area contributed by atoms with E-state index in [9.17, 15) is 9.50 Å². The number of aliphatic hydroxyl groups excluding tert-OH is 1. The van der Waals surface area contributed by atoms with Crippen LogP contribution < -0.4 is 10.1 Å². The zero-order chi connectivity index (χ0) is 27.8. The Bertz CT molecular complexity index is 1690. The summed E-state index contributed by atoms with van der Waals surface area (Å²) in [6.45, 7) is 1.24. The summed E-state index contributed by atoms with van der Waals surface area (Å²) in [6.07, 6.45) is 4.74. The van der Waals surface area contributed by atoms with Gasteiger partial charge in [-0.25, -0.2) is 14.4 Å². The molecule has 206 valence electrons. The minimum absolute atomic E-state index is 0.213. The SMILES string of the molecule is CN(C)C[C@@H](O)Cn1cc2c(n1)CCc1c-2sc2ncnc(Nc3ccc(OCc4cccc(F)c4)c(Cl)c3)c12. The van der Waals surface area contributed by atoms with Crippen LogP contribution in [0.2, 0.25) is 5.02 Å². The van der Waals surface area contributed by atoms with Crippen LogP contribution in [0, 0.1) is 5.82 Å². The first-order valence-electron chi connectivity index (χ1n) is 12.9. The average Bonchev–Trinajstić information content (AvgIpc) is 3.49. The van der Waals surface area contributed by atoms with Crippen molar-refractivity contribution in [2.75, 3.05) is 26.0 Å². The van der Waals surface area contributed by atoms with Crippen molar-refractivity contribution in [2.45, 2.75) is 32.1 Å². The summed E-state index contributed by atoms with van der Waals surface area (Å²) < 4.78 is 21.1. The number of fused-ring (bicyclic) bond motifs is 5. The first-order valence-corrected chi connectivity index (χ1v) is 14.1. The number of ether oxygens (including phenoxy) is 1. The Morgan fingerprint density at radius 1 is 1.20 bits per heavy atom. The number of anilines is 2. The van der Waals surface area contributed by atoms with Gasteiger partial charge in [-0.3, -0.25) is 4.68 Å². The van der Waals surface area contributed by atoms with E-state index in [1.54, 1.807) is 41.9 Å². The molecule has 0 saturated carbocycles. The highest BCUT2D eigenvalue weighted by Crippen LogP contribution is 2.45. The quantitative estimate of drug-likeness (QED) is 0.232. The van der Waals surface area contributed by atoms with Crippen molar-refractivity contribution < 1.29 is 14.2 Å². The lowest BCUT2D eigenvalue weighted by Gasteiger charge is -2.15. The van der Waals surface area contributed by atoms with Crippen LogP contribution in [-0.2, 0) is 26.0 Å². The molecule has 0 amide bonds. The van der Waals surface area contributed by atoms with E-state index in [4.69, 9.17) is 21.4 Å². The maximum Gasteiger partial charge on any atom is 0.142 e. The van der Waals surface area contributed by atoms with E-state index in [1.807, 2.05) is 35.9 Å². The maximum absolute atomic E-state index is 13.5. The largest absolute Gasteiger partial charge is 0.487 e. The summed E-state index contributed by atoms with van der Waals surface area (Å²) in [5, 5.41) is 20.0. The van der Waals surface area contributed by atoms with Crippen molar-refractivity contribution in [1.29, 1.82) is 0 Å². The smallest absolute Gasteiger partial charge is 0.142 e. The van der Waals surface area contributed by atoms with Gasteiger partial charge in [-0.05, 0) is 68.4 Å². The van der Waals surface area contributed by atoms with Crippen LogP contribution >= 0.6 is 22.9 Å². The predicted octanol–water partition coefficient (Wildman–Crippen LogP) is 5.69. The molecule has 1 atom stereocenters. The van der Waals surface area contributed by atoms with E-state index < -0.39 is 6.10 Å². The molecular weight excluding hydrogens is 551 g/mol. The Morgan fingerprint density at radius 3 is 2.88 bits per heavy atom. The molecular formula is C29H28ClFN6O2S. The van der Waals surface area contributed by atoms with Gasteiger partial charge in [-0.2, -0.15) is 5.10 Å². The van der Waals surface area contributed by atoms with Gasteiger partial charge in [0.1, 0.15) is 35.1 Å². The molecule has 3 heterocycles. The summed E-state index contributed by atoms with van der Waals surface area (Å²) in [4.78, 5) is 13.1. The highest BCUT2D eigenvalue weighted by atomic mass is 35.5. The van der Waals surface area contributed by atoms with Crippen molar-refractivity contribution in [3.63, 3.8) is 0 Å². The van der Waals surface area contributed by atoms with E-state index in [0.717, 1.165) is 50.4 Å². The number of aryl methyl sites for hydroxylation is 2. The Balaban J connectivity index is 1.23.